The second-order valence-corrected chi connectivity index (χ2v) is 8.02. The van der Waals surface area contributed by atoms with Crippen molar-refractivity contribution in [3.8, 4) is 34.5 Å². The third-order valence-electron chi connectivity index (χ3n) is 5.53. The molecule has 0 aliphatic carbocycles. The van der Waals surface area contributed by atoms with Crippen LogP contribution in [0.15, 0.2) is 42.5 Å². The van der Waals surface area contributed by atoms with Crippen molar-refractivity contribution in [2.24, 2.45) is 5.41 Å². The molecule has 1 aliphatic rings. The number of benzene rings is 2. The lowest BCUT2D eigenvalue weighted by atomic mass is 9.84. The summed E-state index contributed by atoms with van der Waals surface area (Å²) in [5.74, 6) is 1.49. The first kappa shape index (κ1) is 20.6. The number of aromatic nitrogens is 3. The normalized spacial score (nSPS) is 14.9. The molecule has 0 spiro atoms. The number of rotatable bonds is 7. The molecule has 1 aliphatic heterocycles. The Bertz CT molecular complexity index is 1030. The van der Waals surface area contributed by atoms with Gasteiger partial charge in [0.15, 0.2) is 11.6 Å². The Hall–Kier alpha value is -2.70. The lowest BCUT2D eigenvalue weighted by Gasteiger charge is -2.40. The summed E-state index contributed by atoms with van der Waals surface area (Å²) in [5.41, 5.74) is 2.66. The van der Waals surface area contributed by atoms with Gasteiger partial charge in [-0.2, -0.15) is 9.97 Å². The van der Waals surface area contributed by atoms with Gasteiger partial charge in [0, 0.05) is 11.1 Å². The minimum atomic E-state index is -0.344. The van der Waals surface area contributed by atoms with Crippen LogP contribution in [-0.4, -0.2) is 39.9 Å². The van der Waals surface area contributed by atoms with Gasteiger partial charge < -0.3 is 14.6 Å². The van der Waals surface area contributed by atoms with Crippen molar-refractivity contribution in [1.29, 1.82) is 0 Å². The van der Waals surface area contributed by atoms with Crippen LogP contribution < -0.4 is 4.74 Å². The van der Waals surface area contributed by atoms with Crippen LogP contribution in [0, 0.1) is 5.41 Å². The van der Waals surface area contributed by atoms with E-state index in [1.807, 2.05) is 42.5 Å². The molecule has 1 fully saturated rings. The van der Waals surface area contributed by atoms with E-state index in [9.17, 15) is 5.11 Å². The number of nitrogens with zero attached hydrogens (tertiary/aromatic N) is 3. The maximum absolute atomic E-state index is 10.1. The molecule has 0 amide bonds. The van der Waals surface area contributed by atoms with Gasteiger partial charge in [0.05, 0.1) is 30.3 Å². The Balaban J connectivity index is 1.57. The zero-order valence-electron chi connectivity index (χ0n) is 17.1. The Labute approximate surface area is 180 Å². The van der Waals surface area contributed by atoms with Crippen molar-refractivity contribution in [3.05, 3.63) is 53.1 Å². The maximum Gasteiger partial charge on any atom is 0.318 e. The standard InChI is InChI=1S/C23H24ClN3O3/c1-3-15-5-10-19(24)18(11-15)21-25-20(26-22(28)27-21)16-6-8-17(9-7-16)30-14-23(4-2)12-29-13-23/h5-11H,3-4,12-14H2,1-2H3,(H,25,26,27,28). The molecule has 2 heterocycles. The molecule has 4 rings (SSSR count). The van der Waals surface area contributed by atoms with Gasteiger partial charge >= 0.3 is 6.01 Å². The van der Waals surface area contributed by atoms with Gasteiger partial charge in [0.1, 0.15) is 5.75 Å². The molecular weight excluding hydrogens is 402 g/mol. The van der Waals surface area contributed by atoms with E-state index >= 15 is 0 Å². The molecule has 3 aromatic rings. The zero-order valence-corrected chi connectivity index (χ0v) is 17.8. The van der Waals surface area contributed by atoms with E-state index in [2.05, 4.69) is 28.8 Å². The van der Waals surface area contributed by atoms with Crippen LogP contribution in [-0.2, 0) is 11.2 Å². The third kappa shape index (κ3) is 4.25. The summed E-state index contributed by atoms with van der Waals surface area (Å²) >= 11 is 6.35. The predicted octanol–water partition coefficient (Wildman–Crippen LogP) is 4.93. The number of aromatic hydroxyl groups is 1. The molecule has 2 aromatic carbocycles. The number of aryl methyl sites for hydroxylation is 1. The van der Waals surface area contributed by atoms with Crippen molar-refractivity contribution >= 4 is 11.6 Å². The van der Waals surface area contributed by atoms with E-state index in [4.69, 9.17) is 21.1 Å². The number of halogens is 1. The van der Waals surface area contributed by atoms with Gasteiger partial charge in [-0.15, -0.1) is 0 Å². The van der Waals surface area contributed by atoms with Gasteiger partial charge in [-0.3, -0.25) is 0 Å². The van der Waals surface area contributed by atoms with E-state index in [0.717, 1.165) is 42.9 Å². The van der Waals surface area contributed by atoms with E-state index in [1.165, 1.54) is 0 Å². The van der Waals surface area contributed by atoms with Crippen molar-refractivity contribution in [2.75, 3.05) is 19.8 Å². The number of hydrogen-bond acceptors (Lipinski definition) is 6. The lowest BCUT2D eigenvalue weighted by molar-refractivity contribution is -0.133. The maximum atomic E-state index is 10.1. The van der Waals surface area contributed by atoms with Crippen molar-refractivity contribution in [1.82, 2.24) is 15.0 Å². The number of ether oxygens (including phenoxy) is 2. The Kier molecular flexibility index (Phi) is 5.88. The Morgan fingerprint density at radius 2 is 1.77 bits per heavy atom. The van der Waals surface area contributed by atoms with Gasteiger partial charge in [-0.05, 0) is 54.8 Å². The quantitative estimate of drug-likeness (QED) is 0.578. The average Bonchev–Trinajstić information content (AvgIpc) is 2.73. The van der Waals surface area contributed by atoms with E-state index in [-0.39, 0.29) is 11.4 Å². The molecule has 0 radical (unpaired) electrons. The highest BCUT2D eigenvalue weighted by atomic mass is 35.5. The summed E-state index contributed by atoms with van der Waals surface area (Å²) < 4.78 is 11.3. The smallest absolute Gasteiger partial charge is 0.318 e. The monoisotopic (exact) mass is 425 g/mol. The molecule has 1 aromatic heterocycles. The topological polar surface area (TPSA) is 77.4 Å². The average molecular weight is 426 g/mol. The molecule has 0 saturated carbocycles. The van der Waals surface area contributed by atoms with E-state index in [1.54, 1.807) is 0 Å². The van der Waals surface area contributed by atoms with Crippen molar-refractivity contribution < 1.29 is 14.6 Å². The molecule has 0 bridgehead atoms. The van der Waals surface area contributed by atoms with Crippen LogP contribution in [0.2, 0.25) is 5.02 Å². The fourth-order valence-corrected chi connectivity index (χ4v) is 3.50. The molecule has 0 unspecified atom stereocenters. The van der Waals surface area contributed by atoms with Crippen molar-refractivity contribution in [2.45, 2.75) is 26.7 Å². The molecule has 6 nitrogen and oxygen atoms in total. The fraction of sp³-hybridized carbons (Fsp3) is 0.348. The van der Waals surface area contributed by atoms with Crippen LogP contribution in [0.3, 0.4) is 0 Å². The van der Waals surface area contributed by atoms with Crippen LogP contribution in [0.1, 0.15) is 25.8 Å². The van der Waals surface area contributed by atoms with Crippen LogP contribution >= 0.6 is 11.6 Å². The summed E-state index contributed by atoms with van der Waals surface area (Å²) in [5, 5.41) is 10.6. The molecule has 1 N–H and O–H groups in total. The van der Waals surface area contributed by atoms with Crippen LogP contribution in [0.4, 0.5) is 0 Å². The van der Waals surface area contributed by atoms with E-state index < -0.39 is 0 Å². The predicted molar refractivity (Wildman–Crippen MR) is 116 cm³/mol. The zero-order chi connectivity index (χ0) is 21.1. The highest BCUT2D eigenvalue weighted by Gasteiger charge is 2.37. The first-order chi connectivity index (χ1) is 14.5. The van der Waals surface area contributed by atoms with E-state index in [0.29, 0.717) is 28.8 Å². The molecule has 1 saturated heterocycles. The molecule has 156 valence electrons. The second-order valence-electron chi connectivity index (χ2n) is 7.61. The summed E-state index contributed by atoms with van der Waals surface area (Å²) in [6, 6.07) is 12.9. The van der Waals surface area contributed by atoms with Crippen LogP contribution in [0.5, 0.6) is 11.8 Å². The molecule has 30 heavy (non-hydrogen) atoms. The summed E-state index contributed by atoms with van der Waals surface area (Å²) in [4.78, 5) is 12.7. The molecule has 7 heteroatoms. The number of hydrogen-bond donors (Lipinski definition) is 1. The molecule has 0 atom stereocenters. The first-order valence-corrected chi connectivity index (χ1v) is 10.4. The third-order valence-corrected chi connectivity index (χ3v) is 5.86. The highest BCUT2D eigenvalue weighted by Crippen LogP contribution is 2.33. The second kappa shape index (κ2) is 8.58. The van der Waals surface area contributed by atoms with Crippen molar-refractivity contribution in [3.63, 3.8) is 0 Å². The summed E-state index contributed by atoms with van der Waals surface area (Å²) in [6.45, 7) is 6.34. The van der Waals surface area contributed by atoms with Crippen LogP contribution in [0.25, 0.3) is 22.8 Å². The summed E-state index contributed by atoms with van der Waals surface area (Å²) in [7, 11) is 0. The minimum absolute atomic E-state index is 0.125. The fourth-order valence-electron chi connectivity index (χ4n) is 3.29. The summed E-state index contributed by atoms with van der Waals surface area (Å²) in [6.07, 6.45) is 1.89. The largest absolute Gasteiger partial charge is 0.493 e. The van der Waals surface area contributed by atoms with Gasteiger partial charge in [0.25, 0.3) is 0 Å². The Morgan fingerprint density at radius 3 is 2.40 bits per heavy atom. The SMILES string of the molecule is CCc1ccc(Cl)c(-c2nc(O)nc(-c3ccc(OCC4(CC)COC4)cc3)n2)c1. The van der Waals surface area contributed by atoms with Gasteiger partial charge in [0.2, 0.25) is 0 Å². The Morgan fingerprint density at radius 1 is 1.03 bits per heavy atom. The lowest BCUT2D eigenvalue weighted by Crippen LogP contribution is -2.46. The first-order valence-electron chi connectivity index (χ1n) is 10.1. The molecular formula is C23H24ClN3O3. The minimum Gasteiger partial charge on any atom is -0.493 e. The van der Waals surface area contributed by atoms with Gasteiger partial charge in [-0.25, -0.2) is 4.98 Å². The highest BCUT2D eigenvalue weighted by molar-refractivity contribution is 6.33. The van der Waals surface area contributed by atoms with Gasteiger partial charge in [-0.1, -0.05) is 31.5 Å².